The average molecular weight is 319 g/mol. The molecule has 0 atom stereocenters. The van der Waals surface area contributed by atoms with Crippen LogP contribution in [0.5, 0.6) is 17.2 Å². The number of ether oxygens (including phenoxy) is 3. The maximum atomic E-state index is 12.3. The van der Waals surface area contributed by atoms with Crippen molar-refractivity contribution < 1.29 is 19.0 Å². The summed E-state index contributed by atoms with van der Waals surface area (Å²) in [5, 5.41) is 0.967. The van der Waals surface area contributed by atoms with Crippen LogP contribution in [0.3, 0.4) is 0 Å². The predicted octanol–water partition coefficient (Wildman–Crippen LogP) is 3.39. The maximum Gasteiger partial charge on any atom is 0.355 e. The van der Waals surface area contributed by atoms with E-state index in [2.05, 4.69) is 11.9 Å². The quantitative estimate of drug-likeness (QED) is 0.638. The van der Waals surface area contributed by atoms with Gasteiger partial charge in [0, 0.05) is 6.07 Å². The van der Waals surface area contributed by atoms with E-state index >= 15 is 0 Å². The summed E-state index contributed by atoms with van der Waals surface area (Å²) in [6, 6.07) is 5.13. The molecule has 2 heterocycles. The monoisotopic (exact) mass is 319 g/mol. The zero-order valence-electron chi connectivity index (χ0n) is 12.5. The number of hydrogen-bond donors (Lipinski definition) is 0. The average Bonchev–Trinajstić information content (AvgIpc) is 2.88. The molecule has 0 N–H and O–H groups in total. The molecule has 116 valence electrons. The second-order valence-electron chi connectivity index (χ2n) is 4.97. The Labute approximate surface area is 132 Å². The molecular formula is C16H17NO4S. The van der Waals surface area contributed by atoms with E-state index in [1.54, 1.807) is 18.2 Å². The minimum atomic E-state index is -0.381. The van der Waals surface area contributed by atoms with Crippen molar-refractivity contribution in [2.45, 2.75) is 26.7 Å². The second-order valence-corrected chi connectivity index (χ2v) is 6.05. The van der Waals surface area contributed by atoms with E-state index in [0.717, 1.165) is 23.5 Å². The fourth-order valence-corrected chi connectivity index (χ4v) is 3.25. The van der Waals surface area contributed by atoms with E-state index in [9.17, 15) is 4.79 Å². The normalized spacial score (nSPS) is 13.0. The summed E-state index contributed by atoms with van der Waals surface area (Å²) >= 11 is 1.40. The van der Waals surface area contributed by atoms with Gasteiger partial charge in [0.15, 0.2) is 11.5 Å². The minimum Gasteiger partial charge on any atom is -0.486 e. The van der Waals surface area contributed by atoms with Gasteiger partial charge in [-0.15, -0.1) is 11.3 Å². The number of aromatic nitrogens is 1. The molecule has 1 aliphatic heterocycles. The van der Waals surface area contributed by atoms with Crippen LogP contribution in [0.15, 0.2) is 18.2 Å². The van der Waals surface area contributed by atoms with Gasteiger partial charge in [0.2, 0.25) is 0 Å². The van der Waals surface area contributed by atoms with Crippen LogP contribution in [0, 0.1) is 6.92 Å². The lowest BCUT2D eigenvalue weighted by Gasteiger charge is -2.18. The van der Waals surface area contributed by atoms with Crippen LogP contribution in [-0.4, -0.2) is 24.2 Å². The predicted molar refractivity (Wildman–Crippen MR) is 83.2 cm³/mol. The third kappa shape index (κ3) is 3.06. The van der Waals surface area contributed by atoms with Crippen molar-refractivity contribution in [2.75, 3.05) is 13.2 Å². The summed E-state index contributed by atoms with van der Waals surface area (Å²) in [6.45, 7) is 4.95. The first-order valence-electron chi connectivity index (χ1n) is 7.25. The van der Waals surface area contributed by atoms with E-state index in [1.165, 1.54) is 11.3 Å². The maximum absolute atomic E-state index is 12.3. The van der Waals surface area contributed by atoms with Gasteiger partial charge in [-0.3, -0.25) is 0 Å². The van der Waals surface area contributed by atoms with Crippen LogP contribution in [0.1, 0.15) is 33.7 Å². The number of benzene rings is 1. The minimum absolute atomic E-state index is 0.381. The number of hydrogen-bond acceptors (Lipinski definition) is 6. The highest BCUT2D eigenvalue weighted by molar-refractivity contribution is 7.13. The van der Waals surface area contributed by atoms with Crippen molar-refractivity contribution in [3.05, 3.63) is 33.8 Å². The number of carbonyl (C=O) groups excluding carboxylic acids is 1. The largest absolute Gasteiger partial charge is 0.486 e. The summed E-state index contributed by atoms with van der Waals surface area (Å²) in [5.74, 6) is 1.34. The molecule has 0 radical (unpaired) electrons. The number of fused-ring (bicyclic) bond motifs is 1. The highest BCUT2D eigenvalue weighted by atomic mass is 32.1. The molecule has 0 spiro atoms. The van der Waals surface area contributed by atoms with Gasteiger partial charge in [-0.05, 0) is 31.9 Å². The number of aryl methyl sites for hydroxylation is 2. The van der Waals surface area contributed by atoms with Gasteiger partial charge in [0.1, 0.15) is 23.8 Å². The van der Waals surface area contributed by atoms with Gasteiger partial charge < -0.3 is 14.2 Å². The number of thiazole rings is 1. The molecule has 22 heavy (non-hydrogen) atoms. The topological polar surface area (TPSA) is 57.7 Å². The fourth-order valence-electron chi connectivity index (χ4n) is 2.20. The lowest BCUT2D eigenvalue weighted by Crippen LogP contribution is -2.15. The summed E-state index contributed by atoms with van der Waals surface area (Å²) in [7, 11) is 0. The molecule has 2 aromatic rings. The standard InChI is InChI=1S/C16H17NO4S/c1-3-4-14-17-10(2)15(22-14)16(18)21-11-5-6-12-13(9-11)20-8-7-19-12/h5-6,9H,3-4,7-8H2,1-2H3. The van der Waals surface area contributed by atoms with Gasteiger partial charge in [-0.1, -0.05) is 6.92 Å². The van der Waals surface area contributed by atoms with Crippen molar-refractivity contribution in [3.63, 3.8) is 0 Å². The lowest BCUT2D eigenvalue weighted by atomic mass is 10.3. The lowest BCUT2D eigenvalue weighted by molar-refractivity contribution is 0.0737. The Morgan fingerprint density at radius 2 is 2.09 bits per heavy atom. The molecule has 5 nitrogen and oxygen atoms in total. The van der Waals surface area contributed by atoms with Crippen LogP contribution >= 0.6 is 11.3 Å². The summed E-state index contributed by atoms with van der Waals surface area (Å²) < 4.78 is 16.4. The molecule has 0 bridgehead atoms. The van der Waals surface area contributed by atoms with Gasteiger partial charge in [0.05, 0.1) is 10.7 Å². The molecule has 3 rings (SSSR count). The molecule has 0 unspecified atom stereocenters. The zero-order chi connectivity index (χ0) is 15.5. The molecule has 1 aromatic heterocycles. The molecule has 6 heteroatoms. The van der Waals surface area contributed by atoms with Crippen LogP contribution in [0.2, 0.25) is 0 Å². The van der Waals surface area contributed by atoms with Gasteiger partial charge >= 0.3 is 5.97 Å². The zero-order valence-corrected chi connectivity index (χ0v) is 13.4. The van der Waals surface area contributed by atoms with E-state index < -0.39 is 0 Å². The number of carbonyl (C=O) groups is 1. The summed E-state index contributed by atoms with van der Waals surface area (Å²) in [4.78, 5) is 17.3. The third-order valence-electron chi connectivity index (χ3n) is 3.21. The van der Waals surface area contributed by atoms with Crippen LogP contribution in [0.4, 0.5) is 0 Å². The van der Waals surface area contributed by atoms with Crippen LogP contribution < -0.4 is 14.2 Å². The number of rotatable bonds is 4. The van der Waals surface area contributed by atoms with Gasteiger partial charge in [-0.25, -0.2) is 9.78 Å². The van der Waals surface area contributed by atoms with Crippen molar-refractivity contribution >= 4 is 17.3 Å². The first-order valence-corrected chi connectivity index (χ1v) is 8.07. The fraction of sp³-hybridized carbons (Fsp3) is 0.375. The highest BCUT2D eigenvalue weighted by Crippen LogP contribution is 2.34. The van der Waals surface area contributed by atoms with Crippen LogP contribution in [0.25, 0.3) is 0 Å². The first kappa shape index (κ1) is 14.8. The molecule has 0 saturated heterocycles. The van der Waals surface area contributed by atoms with E-state index in [1.807, 2.05) is 6.92 Å². The van der Waals surface area contributed by atoms with E-state index in [0.29, 0.717) is 35.3 Å². The second kappa shape index (κ2) is 6.36. The number of nitrogens with zero attached hydrogens (tertiary/aromatic N) is 1. The number of esters is 1. The van der Waals surface area contributed by atoms with Crippen molar-refractivity contribution in [2.24, 2.45) is 0 Å². The van der Waals surface area contributed by atoms with E-state index in [4.69, 9.17) is 14.2 Å². The Hall–Kier alpha value is -2.08. The Balaban J connectivity index is 1.76. The molecule has 1 aliphatic rings. The highest BCUT2D eigenvalue weighted by Gasteiger charge is 2.19. The molecular weight excluding hydrogens is 302 g/mol. The SMILES string of the molecule is CCCc1nc(C)c(C(=O)Oc2ccc3c(c2)OCCO3)s1. The van der Waals surface area contributed by atoms with Crippen LogP contribution in [-0.2, 0) is 6.42 Å². The third-order valence-corrected chi connectivity index (χ3v) is 4.41. The molecule has 0 amide bonds. The summed E-state index contributed by atoms with van der Waals surface area (Å²) in [5.41, 5.74) is 0.719. The molecule has 1 aromatic carbocycles. The summed E-state index contributed by atoms with van der Waals surface area (Å²) in [6.07, 6.45) is 1.88. The van der Waals surface area contributed by atoms with Crippen molar-refractivity contribution in [1.82, 2.24) is 4.98 Å². The van der Waals surface area contributed by atoms with Gasteiger partial charge in [-0.2, -0.15) is 0 Å². The van der Waals surface area contributed by atoms with E-state index in [-0.39, 0.29) is 5.97 Å². The Bertz CT molecular complexity index is 695. The van der Waals surface area contributed by atoms with Crippen molar-refractivity contribution in [3.8, 4) is 17.2 Å². The first-order chi connectivity index (χ1) is 10.7. The smallest absolute Gasteiger partial charge is 0.355 e. The van der Waals surface area contributed by atoms with Crippen molar-refractivity contribution in [1.29, 1.82) is 0 Å². The molecule has 0 saturated carbocycles. The molecule has 0 fully saturated rings. The Kier molecular flexibility index (Phi) is 4.29. The Morgan fingerprint density at radius 3 is 2.86 bits per heavy atom. The molecule has 0 aliphatic carbocycles. The van der Waals surface area contributed by atoms with Gasteiger partial charge in [0.25, 0.3) is 0 Å². The Morgan fingerprint density at radius 1 is 1.32 bits per heavy atom.